The lowest BCUT2D eigenvalue weighted by molar-refractivity contribution is -0.141. The molecule has 0 saturated carbocycles. The summed E-state index contributed by atoms with van der Waals surface area (Å²) in [6, 6.07) is 4.35. The van der Waals surface area contributed by atoms with Crippen LogP contribution >= 0.6 is 0 Å². The van der Waals surface area contributed by atoms with Crippen LogP contribution < -0.4 is 10.5 Å². The molecule has 0 fully saturated rings. The van der Waals surface area contributed by atoms with E-state index in [2.05, 4.69) is 4.74 Å². The first-order valence-electron chi connectivity index (χ1n) is 4.78. The summed E-state index contributed by atoms with van der Waals surface area (Å²) < 4.78 is 9.45. The second-order valence-corrected chi connectivity index (χ2v) is 3.28. The van der Waals surface area contributed by atoms with Crippen LogP contribution in [0, 0.1) is 0 Å². The maximum Gasteiger partial charge on any atom is 0.307 e. The minimum absolute atomic E-state index is 0.0111. The second kappa shape index (κ2) is 5.37. The lowest BCUT2D eigenvalue weighted by atomic mass is 10.0. The van der Waals surface area contributed by atoms with Crippen molar-refractivity contribution in [3.05, 3.63) is 23.8 Å². The number of phenols is 1. The molecule has 3 N–H and O–H groups in total. The fourth-order valence-electron chi connectivity index (χ4n) is 1.38. The average Bonchev–Trinajstić information content (AvgIpc) is 2.29. The van der Waals surface area contributed by atoms with E-state index in [-0.39, 0.29) is 12.2 Å². The van der Waals surface area contributed by atoms with E-state index < -0.39 is 12.0 Å². The zero-order chi connectivity index (χ0) is 12.1. The average molecular weight is 225 g/mol. The molecular weight excluding hydrogens is 210 g/mol. The third-order valence-corrected chi connectivity index (χ3v) is 2.26. The molecule has 1 aromatic rings. The topological polar surface area (TPSA) is 81.8 Å². The van der Waals surface area contributed by atoms with Gasteiger partial charge in [0.1, 0.15) is 0 Å². The van der Waals surface area contributed by atoms with Gasteiger partial charge in [-0.15, -0.1) is 0 Å². The van der Waals surface area contributed by atoms with E-state index in [9.17, 15) is 9.90 Å². The highest BCUT2D eigenvalue weighted by atomic mass is 16.5. The van der Waals surface area contributed by atoms with Gasteiger partial charge < -0.3 is 20.3 Å². The highest BCUT2D eigenvalue weighted by Crippen LogP contribution is 2.33. The summed E-state index contributed by atoms with van der Waals surface area (Å²) in [6.07, 6.45) is 0.0111. The summed E-state index contributed by atoms with van der Waals surface area (Å²) in [4.78, 5) is 11.0. The van der Waals surface area contributed by atoms with Crippen molar-refractivity contribution in [3.63, 3.8) is 0 Å². The van der Waals surface area contributed by atoms with Crippen LogP contribution in [-0.4, -0.2) is 25.3 Å². The summed E-state index contributed by atoms with van der Waals surface area (Å²) >= 11 is 0. The van der Waals surface area contributed by atoms with Gasteiger partial charge in [0.15, 0.2) is 11.5 Å². The Labute approximate surface area is 93.8 Å². The van der Waals surface area contributed by atoms with Gasteiger partial charge in [-0.25, -0.2) is 0 Å². The minimum Gasteiger partial charge on any atom is -0.504 e. The normalized spacial score (nSPS) is 11.9. The number of carbonyl (C=O) groups excluding carboxylic acids is 1. The van der Waals surface area contributed by atoms with Crippen molar-refractivity contribution in [1.82, 2.24) is 0 Å². The molecule has 88 valence electrons. The molecule has 1 atom stereocenters. The minimum atomic E-state index is -0.609. The van der Waals surface area contributed by atoms with Crippen LogP contribution in [0.15, 0.2) is 18.2 Å². The number of phenolic OH excluding ortho intramolecular Hbond substituents is 1. The predicted molar refractivity (Wildman–Crippen MR) is 58.2 cm³/mol. The third-order valence-electron chi connectivity index (χ3n) is 2.26. The number of para-hydroxylation sites is 1. The van der Waals surface area contributed by atoms with Crippen molar-refractivity contribution in [3.8, 4) is 11.5 Å². The first-order valence-corrected chi connectivity index (χ1v) is 4.78. The Bertz CT molecular complexity index is 378. The number of carbonyl (C=O) groups is 1. The fraction of sp³-hybridized carbons (Fsp3) is 0.364. The molecule has 0 aliphatic carbocycles. The van der Waals surface area contributed by atoms with Crippen molar-refractivity contribution < 1.29 is 19.4 Å². The Kier molecular flexibility index (Phi) is 4.13. The second-order valence-electron chi connectivity index (χ2n) is 3.28. The van der Waals surface area contributed by atoms with Gasteiger partial charge in [-0.3, -0.25) is 4.79 Å². The van der Waals surface area contributed by atoms with Gasteiger partial charge in [-0.05, 0) is 6.07 Å². The third kappa shape index (κ3) is 2.64. The van der Waals surface area contributed by atoms with Crippen LogP contribution in [0.1, 0.15) is 18.0 Å². The van der Waals surface area contributed by atoms with Gasteiger partial charge in [0.25, 0.3) is 0 Å². The molecule has 5 nitrogen and oxygen atoms in total. The first-order chi connectivity index (χ1) is 7.60. The summed E-state index contributed by atoms with van der Waals surface area (Å²) in [5.74, 6) is -0.131. The number of rotatable bonds is 4. The number of methoxy groups -OCH3 is 2. The Morgan fingerprint density at radius 1 is 1.50 bits per heavy atom. The fourth-order valence-corrected chi connectivity index (χ4v) is 1.38. The van der Waals surface area contributed by atoms with Crippen molar-refractivity contribution in [2.24, 2.45) is 5.73 Å². The molecule has 16 heavy (non-hydrogen) atoms. The van der Waals surface area contributed by atoms with Gasteiger partial charge in [-0.2, -0.15) is 0 Å². The van der Waals surface area contributed by atoms with Crippen LogP contribution in [0.2, 0.25) is 0 Å². The van der Waals surface area contributed by atoms with E-state index >= 15 is 0 Å². The van der Waals surface area contributed by atoms with Gasteiger partial charge in [0.2, 0.25) is 0 Å². The molecule has 0 saturated heterocycles. The van der Waals surface area contributed by atoms with Gasteiger partial charge in [0, 0.05) is 11.6 Å². The van der Waals surface area contributed by atoms with Gasteiger partial charge in [-0.1, -0.05) is 12.1 Å². The number of aromatic hydroxyl groups is 1. The monoisotopic (exact) mass is 225 g/mol. The number of esters is 1. The molecular formula is C11H15NO4. The van der Waals surface area contributed by atoms with Crippen LogP contribution in [-0.2, 0) is 9.53 Å². The van der Waals surface area contributed by atoms with E-state index in [1.165, 1.54) is 14.2 Å². The number of ether oxygens (including phenoxy) is 2. The molecule has 0 bridgehead atoms. The summed E-state index contributed by atoms with van der Waals surface area (Å²) in [5.41, 5.74) is 6.24. The van der Waals surface area contributed by atoms with E-state index in [0.717, 1.165) is 0 Å². The highest BCUT2D eigenvalue weighted by molar-refractivity contribution is 5.70. The molecule has 1 rings (SSSR count). The van der Waals surface area contributed by atoms with Crippen LogP contribution in [0.3, 0.4) is 0 Å². The molecule has 0 aromatic heterocycles. The van der Waals surface area contributed by atoms with Crippen LogP contribution in [0.4, 0.5) is 0 Å². The van der Waals surface area contributed by atoms with Crippen LogP contribution in [0.25, 0.3) is 0 Å². The Morgan fingerprint density at radius 3 is 2.75 bits per heavy atom. The van der Waals surface area contributed by atoms with Crippen molar-refractivity contribution in [1.29, 1.82) is 0 Å². The lowest BCUT2D eigenvalue weighted by Crippen LogP contribution is -2.16. The zero-order valence-electron chi connectivity index (χ0n) is 9.27. The summed E-state index contributed by atoms with van der Waals surface area (Å²) in [6.45, 7) is 0. The predicted octanol–water partition coefficient (Wildman–Crippen LogP) is 0.964. The molecule has 0 spiro atoms. The Balaban J connectivity index is 2.91. The Morgan fingerprint density at radius 2 is 2.19 bits per heavy atom. The largest absolute Gasteiger partial charge is 0.504 e. The van der Waals surface area contributed by atoms with E-state index in [4.69, 9.17) is 10.5 Å². The molecule has 0 amide bonds. The molecule has 0 unspecified atom stereocenters. The maximum atomic E-state index is 11.0. The first kappa shape index (κ1) is 12.3. The molecule has 0 radical (unpaired) electrons. The zero-order valence-corrected chi connectivity index (χ0v) is 9.27. The smallest absolute Gasteiger partial charge is 0.307 e. The van der Waals surface area contributed by atoms with E-state index in [1.807, 2.05) is 0 Å². The van der Waals surface area contributed by atoms with Crippen molar-refractivity contribution in [2.45, 2.75) is 12.5 Å². The highest BCUT2D eigenvalue weighted by Gasteiger charge is 2.17. The molecule has 0 aliphatic heterocycles. The SMILES string of the molecule is COC(=O)C[C@@H](N)c1cccc(OC)c1O. The van der Waals surface area contributed by atoms with Crippen LogP contribution in [0.5, 0.6) is 11.5 Å². The van der Waals surface area contributed by atoms with Gasteiger partial charge in [0.05, 0.1) is 20.6 Å². The number of hydrogen-bond acceptors (Lipinski definition) is 5. The number of hydrogen-bond donors (Lipinski definition) is 2. The molecule has 5 heteroatoms. The quantitative estimate of drug-likeness (QED) is 0.746. The maximum absolute atomic E-state index is 11.0. The van der Waals surface area contributed by atoms with Crippen molar-refractivity contribution >= 4 is 5.97 Å². The number of nitrogens with two attached hydrogens (primary N) is 1. The molecule has 0 aliphatic rings. The summed E-state index contributed by atoms with van der Waals surface area (Å²) in [7, 11) is 2.74. The van der Waals surface area contributed by atoms with E-state index in [0.29, 0.717) is 11.3 Å². The molecule has 0 heterocycles. The summed E-state index contributed by atoms with van der Waals surface area (Å²) in [5, 5.41) is 9.79. The Hall–Kier alpha value is -1.75. The van der Waals surface area contributed by atoms with E-state index in [1.54, 1.807) is 18.2 Å². The van der Waals surface area contributed by atoms with Crippen molar-refractivity contribution in [2.75, 3.05) is 14.2 Å². The van der Waals surface area contributed by atoms with Gasteiger partial charge >= 0.3 is 5.97 Å². The lowest BCUT2D eigenvalue weighted by Gasteiger charge is -2.14. The number of benzene rings is 1. The standard InChI is InChI=1S/C11H15NO4/c1-15-9-5-3-4-7(11(9)14)8(12)6-10(13)16-2/h3-5,8,14H,6,12H2,1-2H3/t8-/m1/s1. The molecule has 1 aromatic carbocycles.